The Labute approximate surface area is 124 Å². The maximum Gasteiger partial charge on any atom is 0.122 e. The van der Waals surface area contributed by atoms with E-state index in [0.29, 0.717) is 6.61 Å². The maximum absolute atomic E-state index is 6.60. The van der Waals surface area contributed by atoms with Crippen LogP contribution in [-0.2, 0) is 0 Å². The zero-order chi connectivity index (χ0) is 14.2. The van der Waals surface area contributed by atoms with Crippen LogP contribution in [0.5, 0.6) is 5.75 Å². The van der Waals surface area contributed by atoms with E-state index in [1.165, 1.54) is 21.9 Å². The Morgan fingerprint density at radius 3 is 2.62 bits per heavy atom. The summed E-state index contributed by atoms with van der Waals surface area (Å²) in [6, 6.07) is 22.9. The van der Waals surface area contributed by atoms with Gasteiger partial charge in [-0.1, -0.05) is 60.7 Å². The zero-order valence-electron chi connectivity index (χ0n) is 11.7. The van der Waals surface area contributed by atoms with Gasteiger partial charge in [-0.2, -0.15) is 0 Å². The van der Waals surface area contributed by atoms with Crippen LogP contribution >= 0.6 is 0 Å². The Morgan fingerprint density at radius 1 is 0.905 bits per heavy atom. The monoisotopic (exact) mass is 275 g/mol. The second-order valence-corrected chi connectivity index (χ2v) is 5.55. The van der Waals surface area contributed by atoms with E-state index in [2.05, 4.69) is 54.6 Å². The van der Waals surface area contributed by atoms with Crippen molar-refractivity contribution >= 4 is 10.8 Å². The summed E-state index contributed by atoms with van der Waals surface area (Å²) in [7, 11) is 0. The van der Waals surface area contributed by atoms with Gasteiger partial charge in [0, 0.05) is 17.5 Å². The summed E-state index contributed by atoms with van der Waals surface area (Å²) in [6.07, 6.45) is 0. The predicted octanol–water partition coefficient (Wildman–Crippen LogP) is 4.02. The number of para-hydroxylation sites is 1. The van der Waals surface area contributed by atoms with Gasteiger partial charge < -0.3 is 10.5 Å². The molecule has 0 bridgehead atoms. The number of benzene rings is 3. The lowest BCUT2D eigenvalue weighted by atomic mass is 9.87. The van der Waals surface area contributed by atoms with Crippen LogP contribution in [0.25, 0.3) is 10.8 Å². The average Bonchev–Trinajstić information content (AvgIpc) is 2.98. The molecule has 3 aromatic carbocycles. The van der Waals surface area contributed by atoms with E-state index in [0.717, 1.165) is 5.75 Å². The number of fused-ring (bicyclic) bond motifs is 2. The Hall–Kier alpha value is -2.32. The molecular formula is C19H17NO. The highest BCUT2D eigenvalue weighted by Gasteiger charge is 2.30. The van der Waals surface area contributed by atoms with E-state index >= 15 is 0 Å². The Kier molecular flexibility index (Phi) is 2.90. The zero-order valence-corrected chi connectivity index (χ0v) is 11.7. The third-order valence-corrected chi connectivity index (χ3v) is 4.35. The van der Waals surface area contributed by atoms with Gasteiger partial charge in [-0.05, 0) is 22.4 Å². The van der Waals surface area contributed by atoms with Gasteiger partial charge in [-0.25, -0.2) is 0 Å². The highest BCUT2D eigenvalue weighted by Crippen LogP contribution is 2.41. The predicted molar refractivity (Wildman–Crippen MR) is 85.6 cm³/mol. The van der Waals surface area contributed by atoms with Crippen LogP contribution in [0.15, 0.2) is 66.7 Å². The number of hydrogen-bond acceptors (Lipinski definition) is 2. The molecule has 2 atom stereocenters. The minimum Gasteiger partial charge on any atom is -0.493 e. The van der Waals surface area contributed by atoms with E-state index in [1.54, 1.807) is 0 Å². The van der Waals surface area contributed by atoms with Gasteiger partial charge in [0.15, 0.2) is 0 Å². The van der Waals surface area contributed by atoms with E-state index in [9.17, 15) is 0 Å². The van der Waals surface area contributed by atoms with E-state index in [1.807, 2.05) is 12.1 Å². The molecule has 2 heteroatoms. The van der Waals surface area contributed by atoms with Gasteiger partial charge in [0.05, 0.1) is 6.61 Å². The van der Waals surface area contributed by atoms with Crippen molar-refractivity contribution in [2.24, 2.45) is 5.73 Å². The van der Waals surface area contributed by atoms with Gasteiger partial charge in [0.25, 0.3) is 0 Å². The summed E-state index contributed by atoms with van der Waals surface area (Å²) >= 11 is 0. The fourth-order valence-corrected chi connectivity index (χ4v) is 3.24. The molecule has 0 spiro atoms. The van der Waals surface area contributed by atoms with Crippen molar-refractivity contribution in [3.63, 3.8) is 0 Å². The maximum atomic E-state index is 6.60. The lowest BCUT2D eigenvalue weighted by molar-refractivity contribution is 0.315. The minimum atomic E-state index is -0.0558. The molecule has 2 nitrogen and oxygen atoms in total. The van der Waals surface area contributed by atoms with E-state index < -0.39 is 0 Å². The summed E-state index contributed by atoms with van der Waals surface area (Å²) < 4.78 is 5.79. The number of hydrogen-bond donors (Lipinski definition) is 1. The highest BCUT2D eigenvalue weighted by atomic mass is 16.5. The average molecular weight is 275 g/mol. The summed E-state index contributed by atoms with van der Waals surface area (Å²) in [5.41, 5.74) is 9.01. The molecule has 4 rings (SSSR count). The van der Waals surface area contributed by atoms with Crippen LogP contribution in [0.4, 0.5) is 0 Å². The van der Waals surface area contributed by atoms with Crippen molar-refractivity contribution in [3.05, 3.63) is 77.9 Å². The molecule has 0 aromatic heterocycles. The third kappa shape index (κ3) is 1.99. The minimum absolute atomic E-state index is 0.0558. The van der Waals surface area contributed by atoms with Crippen molar-refractivity contribution in [3.8, 4) is 5.75 Å². The summed E-state index contributed by atoms with van der Waals surface area (Å²) in [4.78, 5) is 0. The van der Waals surface area contributed by atoms with Gasteiger partial charge in [-0.3, -0.25) is 0 Å². The molecule has 0 saturated carbocycles. The lowest BCUT2D eigenvalue weighted by Crippen LogP contribution is -2.21. The first-order valence-electron chi connectivity index (χ1n) is 7.29. The standard InChI is InChI=1S/C19H17NO/c20-19(17-12-21-18-11-4-3-9-15(17)18)16-10-5-7-13-6-1-2-8-14(13)16/h1-11,17,19H,12,20H2. The molecule has 1 aliphatic heterocycles. The van der Waals surface area contributed by atoms with Crippen molar-refractivity contribution in [2.45, 2.75) is 12.0 Å². The summed E-state index contributed by atoms with van der Waals surface area (Å²) in [6.45, 7) is 0.656. The first-order chi connectivity index (χ1) is 10.3. The quantitative estimate of drug-likeness (QED) is 0.766. The fourth-order valence-electron chi connectivity index (χ4n) is 3.24. The van der Waals surface area contributed by atoms with Crippen molar-refractivity contribution in [1.82, 2.24) is 0 Å². The van der Waals surface area contributed by atoms with Crippen molar-refractivity contribution in [1.29, 1.82) is 0 Å². The van der Waals surface area contributed by atoms with Gasteiger partial charge >= 0.3 is 0 Å². The number of ether oxygens (including phenoxy) is 1. The first-order valence-corrected chi connectivity index (χ1v) is 7.29. The Balaban J connectivity index is 1.80. The fraction of sp³-hybridized carbons (Fsp3) is 0.158. The van der Waals surface area contributed by atoms with Gasteiger partial charge in [-0.15, -0.1) is 0 Å². The molecule has 0 fully saturated rings. The van der Waals surface area contributed by atoms with Crippen LogP contribution in [0, 0.1) is 0 Å². The number of nitrogens with two attached hydrogens (primary N) is 1. The van der Waals surface area contributed by atoms with Crippen LogP contribution in [0.1, 0.15) is 23.1 Å². The van der Waals surface area contributed by atoms with Crippen LogP contribution in [0.3, 0.4) is 0 Å². The van der Waals surface area contributed by atoms with Crippen LogP contribution < -0.4 is 10.5 Å². The molecule has 0 radical (unpaired) electrons. The highest BCUT2D eigenvalue weighted by molar-refractivity contribution is 5.86. The second-order valence-electron chi connectivity index (χ2n) is 5.55. The van der Waals surface area contributed by atoms with Gasteiger partial charge in [0.2, 0.25) is 0 Å². The molecular weight excluding hydrogens is 258 g/mol. The third-order valence-electron chi connectivity index (χ3n) is 4.35. The molecule has 104 valence electrons. The second kappa shape index (κ2) is 4.90. The normalized spacial score (nSPS) is 18.2. The molecule has 2 unspecified atom stereocenters. The number of rotatable bonds is 2. The molecule has 0 amide bonds. The molecule has 1 aliphatic rings. The molecule has 0 saturated heterocycles. The first kappa shape index (κ1) is 12.4. The Morgan fingerprint density at radius 2 is 1.67 bits per heavy atom. The van der Waals surface area contributed by atoms with E-state index in [-0.39, 0.29) is 12.0 Å². The molecule has 2 N–H and O–H groups in total. The van der Waals surface area contributed by atoms with Crippen molar-refractivity contribution < 1.29 is 4.74 Å². The van der Waals surface area contributed by atoms with E-state index in [4.69, 9.17) is 10.5 Å². The summed E-state index contributed by atoms with van der Waals surface area (Å²) in [5.74, 6) is 1.19. The molecule has 21 heavy (non-hydrogen) atoms. The Bertz CT molecular complexity index is 791. The molecule has 3 aromatic rings. The lowest BCUT2D eigenvalue weighted by Gasteiger charge is -2.20. The topological polar surface area (TPSA) is 35.2 Å². The van der Waals surface area contributed by atoms with Crippen LogP contribution in [0.2, 0.25) is 0 Å². The molecule has 0 aliphatic carbocycles. The smallest absolute Gasteiger partial charge is 0.122 e. The summed E-state index contributed by atoms with van der Waals surface area (Å²) in [5, 5.41) is 2.47. The molecule has 1 heterocycles. The SMILES string of the molecule is NC(c1cccc2ccccc12)C1COc2ccccc21. The van der Waals surface area contributed by atoms with Gasteiger partial charge in [0.1, 0.15) is 5.75 Å². The van der Waals surface area contributed by atoms with Crippen LogP contribution in [-0.4, -0.2) is 6.61 Å². The van der Waals surface area contributed by atoms with Crippen molar-refractivity contribution in [2.75, 3.05) is 6.61 Å². The largest absolute Gasteiger partial charge is 0.493 e.